The van der Waals surface area contributed by atoms with Gasteiger partial charge in [-0.2, -0.15) is 0 Å². The number of likely N-dealkylation sites (tertiary alicyclic amines) is 1. The molecule has 4 nitrogen and oxygen atoms in total. The highest BCUT2D eigenvalue weighted by Gasteiger charge is 2.40. The molecule has 2 fully saturated rings. The van der Waals surface area contributed by atoms with Crippen molar-refractivity contribution in [3.8, 4) is 0 Å². The van der Waals surface area contributed by atoms with Crippen LogP contribution in [0, 0.1) is 5.41 Å². The molecule has 0 spiro atoms. The lowest BCUT2D eigenvalue weighted by Gasteiger charge is -2.37. The third-order valence-electron chi connectivity index (χ3n) is 5.36. The number of carboxylic acid groups (broad SMARTS) is 1. The number of carbonyl (C=O) groups is 1. The second-order valence-electron chi connectivity index (χ2n) is 7.77. The molecule has 1 aliphatic heterocycles. The van der Waals surface area contributed by atoms with E-state index < -0.39 is 11.5 Å². The van der Waals surface area contributed by atoms with E-state index in [1.807, 2.05) is 6.92 Å². The Morgan fingerprint density at radius 2 is 1.95 bits per heavy atom. The number of carboxylic acids is 1. The van der Waals surface area contributed by atoms with Gasteiger partial charge in [0.05, 0.1) is 0 Å². The van der Waals surface area contributed by atoms with Crippen LogP contribution in [0.3, 0.4) is 0 Å². The summed E-state index contributed by atoms with van der Waals surface area (Å²) in [6, 6.07) is 0.442. The topological polar surface area (TPSA) is 52.6 Å². The molecule has 0 aromatic carbocycles. The van der Waals surface area contributed by atoms with Gasteiger partial charge in [0, 0.05) is 6.04 Å². The predicted octanol–water partition coefficient (Wildman–Crippen LogP) is 2.87. The molecule has 2 rings (SSSR count). The molecule has 1 saturated carbocycles. The van der Waals surface area contributed by atoms with Crippen LogP contribution in [0.15, 0.2) is 0 Å². The van der Waals surface area contributed by atoms with Gasteiger partial charge in [0.2, 0.25) is 0 Å². The monoisotopic (exact) mass is 296 g/mol. The van der Waals surface area contributed by atoms with E-state index >= 15 is 0 Å². The Kier molecular flexibility index (Phi) is 5.31. The van der Waals surface area contributed by atoms with Crippen LogP contribution in [0.2, 0.25) is 0 Å². The van der Waals surface area contributed by atoms with Crippen LogP contribution < -0.4 is 5.32 Å². The van der Waals surface area contributed by atoms with Crippen molar-refractivity contribution in [1.82, 2.24) is 10.2 Å². The van der Waals surface area contributed by atoms with Crippen molar-refractivity contribution >= 4 is 5.97 Å². The predicted molar refractivity (Wildman–Crippen MR) is 85.5 cm³/mol. The molecule has 0 bridgehead atoms. The highest BCUT2D eigenvalue weighted by atomic mass is 16.4. The largest absolute Gasteiger partial charge is 0.480 e. The lowest BCUT2D eigenvalue weighted by molar-refractivity contribution is -0.145. The number of hydrogen-bond acceptors (Lipinski definition) is 3. The minimum atomic E-state index is -0.698. The van der Waals surface area contributed by atoms with E-state index in [9.17, 15) is 9.90 Å². The number of hydrogen-bond donors (Lipinski definition) is 2. The zero-order valence-electron chi connectivity index (χ0n) is 14.0. The van der Waals surface area contributed by atoms with E-state index in [-0.39, 0.29) is 0 Å². The van der Waals surface area contributed by atoms with E-state index in [0.717, 1.165) is 45.3 Å². The normalized spacial score (nSPS) is 25.5. The van der Waals surface area contributed by atoms with Gasteiger partial charge < -0.3 is 10.0 Å². The van der Waals surface area contributed by atoms with E-state index in [0.29, 0.717) is 17.9 Å². The summed E-state index contributed by atoms with van der Waals surface area (Å²) in [5, 5.41) is 13.0. The summed E-state index contributed by atoms with van der Waals surface area (Å²) in [5.74, 6) is -0.670. The first-order valence-electron chi connectivity index (χ1n) is 8.60. The summed E-state index contributed by atoms with van der Waals surface area (Å²) in [5.41, 5.74) is -0.214. The second-order valence-corrected chi connectivity index (χ2v) is 7.77. The Labute approximate surface area is 129 Å². The van der Waals surface area contributed by atoms with Crippen molar-refractivity contribution in [2.75, 3.05) is 19.6 Å². The fourth-order valence-electron chi connectivity index (χ4n) is 3.28. The SMILES string of the molecule is CCC(CCCN1CCC(C)(C)CC1)(NC1CC1)C(=O)O. The van der Waals surface area contributed by atoms with Gasteiger partial charge >= 0.3 is 5.97 Å². The molecule has 1 aliphatic carbocycles. The van der Waals surface area contributed by atoms with E-state index in [2.05, 4.69) is 24.1 Å². The summed E-state index contributed by atoms with van der Waals surface area (Å²) >= 11 is 0. The van der Waals surface area contributed by atoms with Crippen molar-refractivity contribution in [3.63, 3.8) is 0 Å². The van der Waals surface area contributed by atoms with Gasteiger partial charge in [-0.3, -0.25) is 10.1 Å². The number of nitrogens with zero attached hydrogens (tertiary/aromatic N) is 1. The van der Waals surface area contributed by atoms with Crippen LogP contribution in [-0.4, -0.2) is 47.2 Å². The van der Waals surface area contributed by atoms with Crippen LogP contribution in [-0.2, 0) is 4.79 Å². The number of aliphatic carboxylic acids is 1. The zero-order chi connectivity index (χ0) is 15.5. The quantitative estimate of drug-likeness (QED) is 0.723. The van der Waals surface area contributed by atoms with E-state index in [4.69, 9.17) is 0 Å². The smallest absolute Gasteiger partial charge is 0.323 e. The highest BCUT2D eigenvalue weighted by molar-refractivity contribution is 5.78. The maximum atomic E-state index is 11.7. The van der Waals surface area contributed by atoms with Gasteiger partial charge in [0.25, 0.3) is 0 Å². The summed E-state index contributed by atoms with van der Waals surface area (Å²) in [7, 11) is 0. The van der Waals surface area contributed by atoms with Gasteiger partial charge in [-0.05, 0) is 70.0 Å². The fourth-order valence-corrected chi connectivity index (χ4v) is 3.28. The molecule has 0 radical (unpaired) electrons. The summed E-state index contributed by atoms with van der Waals surface area (Å²) in [4.78, 5) is 14.2. The van der Waals surface area contributed by atoms with Crippen molar-refractivity contribution in [3.05, 3.63) is 0 Å². The molecule has 122 valence electrons. The van der Waals surface area contributed by atoms with Crippen LogP contribution >= 0.6 is 0 Å². The molecular formula is C17H32N2O2. The van der Waals surface area contributed by atoms with Gasteiger partial charge in [0.15, 0.2) is 0 Å². The third-order valence-corrected chi connectivity index (χ3v) is 5.36. The van der Waals surface area contributed by atoms with Gasteiger partial charge in [-0.15, -0.1) is 0 Å². The van der Waals surface area contributed by atoms with E-state index in [1.54, 1.807) is 0 Å². The first kappa shape index (κ1) is 16.8. The average Bonchev–Trinajstić information content (AvgIpc) is 3.23. The maximum Gasteiger partial charge on any atom is 0.323 e. The maximum absolute atomic E-state index is 11.7. The van der Waals surface area contributed by atoms with Crippen LogP contribution in [0.5, 0.6) is 0 Å². The van der Waals surface area contributed by atoms with Crippen LogP contribution in [0.4, 0.5) is 0 Å². The first-order valence-corrected chi connectivity index (χ1v) is 8.60. The molecule has 1 heterocycles. The molecule has 0 amide bonds. The number of nitrogens with one attached hydrogen (secondary N) is 1. The molecule has 1 atom stereocenters. The van der Waals surface area contributed by atoms with Gasteiger partial charge in [-0.1, -0.05) is 20.8 Å². The number of rotatable bonds is 8. The zero-order valence-corrected chi connectivity index (χ0v) is 14.0. The van der Waals surface area contributed by atoms with Gasteiger partial charge in [0.1, 0.15) is 5.54 Å². The lowest BCUT2D eigenvalue weighted by atomic mass is 9.82. The second kappa shape index (κ2) is 6.66. The molecular weight excluding hydrogens is 264 g/mol. The van der Waals surface area contributed by atoms with Crippen molar-refractivity contribution in [2.24, 2.45) is 5.41 Å². The minimum absolute atomic E-state index is 0.442. The van der Waals surface area contributed by atoms with E-state index in [1.165, 1.54) is 12.8 Å². The molecule has 21 heavy (non-hydrogen) atoms. The Hall–Kier alpha value is -0.610. The Bertz CT molecular complexity index is 356. The highest BCUT2D eigenvalue weighted by Crippen LogP contribution is 2.31. The lowest BCUT2D eigenvalue weighted by Crippen LogP contribution is -2.53. The summed E-state index contributed by atoms with van der Waals surface area (Å²) in [6.07, 6.45) is 7.17. The molecule has 2 N–H and O–H groups in total. The molecule has 0 aromatic heterocycles. The molecule has 4 heteroatoms. The summed E-state index contributed by atoms with van der Waals surface area (Å²) in [6.45, 7) is 10.0. The van der Waals surface area contributed by atoms with Gasteiger partial charge in [-0.25, -0.2) is 0 Å². The Morgan fingerprint density at radius 1 is 1.33 bits per heavy atom. The third kappa shape index (κ3) is 4.68. The minimum Gasteiger partial charge on any atom is -0.480 e. The Balaban J connectivity index is 1.78. The average molecular weight is 296 g/mol. The number of piperidine rings is 1. The molecule has 1 unspecified atom stereocenters. The van der Waals surface area contributed by atoms with Crippen molar-refractivity contribution in [2.45, 2.75) is 77.3 Å². The van der Waals surface area contributed by atoms with Crippen LogP contribution in [0.1, 0.15) is 65.7 Å². The first-order chi connectivity index (χ1) is 9.87. The standard InChI is InChI=1S/C17H32N2O2/c1-4-17(15(20)21,18-14-6-7-14)8-5-11-19-12-9-16(2,3)10-13-19/h14,18H,4-13H2,1-3H3,(H,20,21). The van der Waals surface area contributed by atoms with Crippen molar-refractivity contribution < 1.29 is 9.90 Å². The summed E-state index contributed by atoms with van der Waals surface area (Å²) < 4.78 is 0. The molecule has 1 saturated heterocycles. The Morgan fingerprint density at radius 3 is 2.43 bits per heavy atom. The molecule has 2 aliphatic rings. The molecule has 0 aromatic rings. The van der Waals surface area contributed by atoms with Crippen LogP contribution in [0.25, 0.3) is 0 Å². The van der Waals surface area contributed by atoms with Crippen molar-refractivity contribution in [1.29, 1.82) is 0 Å². The fraction of sp³-hybridized carbons (Fsp3) is 0.941.